The van der Waals surface area contributed by atoms with Gasteiger partial charge in [0.25, 0.3) is 0 Å². The summed E-state index contributed by atoms with van der Waals surface area (Å²) in [5, 5.41) is 3.78. The van der Waals surface area contributed by atoms with Gasteiger partial charge < -0.3 is 5.32 Å². The Morgan fingerprint density at radius 3 is 2.52 bits per heavy atom. The van der Waals surface area contributed by atoms with Crippen molar-refractivity contribution >= 4 is 0 Å². The largest absolute Gasteiger partial charge is 0.307 e. The van der Waals surface area contributed by atoms with Gasteiger partial charge in [-0.1, -0.05) is 57.0 Å². The summed E-state index contributed by atoms with van der Waals surface area (Å²) >= 11 is 0. The van der Waals surface area contributed by atoms with E-state index in [2.05, 4.69) is 54.4 Å². The molecular weight excluding hydrogens is 256 g/mol. The van der Waals surface area contributed by atoms with Gasteiger partial charge in [-0.15, -0.1) is 0 Å². The number of hydrogen-bond donors (Lipinski definition) is 1. The summed E-state index contributed by atoms with van der Waals surface area (Å²) in [7, 11) is 0. The lowest BCUT2D eigenvalue weighted by molar-refractivity contribution is 0.0821. The molecule has 116 valence electrons. The minimum Gasteiger partial charge on any atom is -0.307 e. The molecule has 2 aliphatic rings. The summed E-state index contributed by atoms with van der Waals surface area (Å²) in [4.78, 5) is 2.79. The second-order valence-corrected chi connectivity index (χ2v) is 7.29. The van der Waals surface area contributed by atoms with Crippen LogP contribution in [0.25, 0.3) is 0 Å². The first kappa shape index (κ1) is 15.1. The van der Waals surface area contributed by atoms with Gasteiger partial charge in [-0.25, -0.2) is 0 Å². The molecule has 1 saturated heterocycles. The summed E-state index contributed by atoms with van der Waals surface area (Å²) in [5.74, 6) is 1.68. The van der Waals surface area contributed by atoms with Crippen LogP contribution < -0.4 is 5.32 Å². The number of rotatable bonds is 4. The Kier molecular flexibility index (Phi) is 4.97. The van der Waals surface area contributed by atoms with E-state index >= 15 is 0 Å². The van der Waals surface area contributed by atoms with Gasteiger partial charge in [0.2, 0.25) is 0 Å². The summed E-state index contributed by atoms with van der Waals surface area (Å²) < 4.78 is 0. The number of nitrogens with zero attached hydrogens (tertiary/aromatic N) is 1. The van der Waals surface area contributed by atoms with E-state index in [1.165, 1.54) is 44.3 Å². The first-order valence-corrected chi connectivity index (χ1v) is 8.76. The smallest absolute Gasteiger partial charge is 0.0449 e. The molecule has 1 heterocycles. The second kappa shape index (κ2) is 6.93. The molecule has 2 nitrogen and oxygen atoms in total. The standard InChI is InChI=1S/C19H30N2/c1-15(2)19-12-20-18(17-10-4-3-5-11-17)14-21(19)13-16-8-6-7-9-16/h3-5,10-11,15-16,18-20H,6-9,12-14H2,1-2H3. The van der Waals surface area contributed by atoms with E-state index in [0.29, 0.717) is 12.1 Å². The van der Waals surface area contributed by atoms with Crippen molar-refractivity contribution in [2.24, 2.45) is 11.8 Å². The third kappa shape index (κ3) is 3.67. The SMILES string of the molecule is CC(C)C1CNC(c2ccccc2)CN1CC1CCCC1. The summed E-state index contributed by atoms with van der Waals surface area (Å²) in [5.41, 5.74) is 1.44. The maximum absolute atomic E-state index is 3.78. The minimum atomic E-state index is 0.502. The van der Waals surface area contributed by atoms with Gasteiger partial charge in [0.15, 0.2) is 0 Å². The molecule has 0 spiro atoms. The van der Waals surface area contributed by atoms with Gasteiger partial charge in [-0.3, -0.25) is 4.90 Å². The highest BCUT2D eigenvalue weighted by atomic mass is 15.2. The lowest BCUT2D eigenvalue weighted by Gasteiger charge is -2.43. The Morgan fingerprint density at radius 2 is 1.86 bits per heavy atom. The highest BCUT2D eigenvalue weighted by Gasteiger charge is 2.32. The van der Waals surface area contributed by atoms with Crippen LogP contribution in [0.4, 0.5) is 0 Å². The fraction of sp³-hybridized carbons (Fsp3) is 0.684. The van der Waals surface area contributed by atoms with E-state index in [0.717, 1.165) is 18.4 Å². The average Bonchev–Trinajstić information content (AvgIpc) is 3.01. The van der Waals surface area contributed by atoms with Gasteiger partial charge in [0.05, 0.1) is 0 Å². The van der Waals surface area contributed by atoms with Crippen molar-refractivity contribution in [2.75, 3.05) is 19.6 Å². The molecule has 2 heteroatoms. The van der Waals surface area contributed by atoms with Crippen LogP contribution in [0.15, 0.2) is 30.3 Å². The Balaban J connectivity index is 1.69. The van der Waals surface area contributed by atoms with Crippen LogP contribution in [-0.2, 0) is 0 Å². The van der Waals surface area contributed by atoms with Crippen molar-refractivity contribution in [1.82, 2.24) is 10.2 Å². The molecule has 3 rings (SSSR count). The molecule has 1 aromatic rings. The Labute approximate surface area is 129 Å². The highest BCUT2D eigenvalue weighted by molar-refractivity contribution is 5.20. The molecule has 2 unspecified atom stereocenters. The zero-order chi connectivity index (χ0) is 14.7. The van der Waals surface area contributed by atoms with Crippen LogP contribution in [0.3, 0.4) is 0 Å². The Bertz CT molecular complexity index is 422. The number of hydrogen-bond acceptors (Lipinski definition) is 2. The fourth-order valence-electron chi connectivity index (χ4n) is 4.13. The van der Waals surface area contributed by atoms with E-state index in [4.69, 9.17) is 0 Å². The first-order chi connectivity index (χ1) is 10.2. The summed E-state index contributed by atoms with van der Waals surface area (Å²) in [6, 6.07) is 12.2. The normalized spacial score (nSPS) is 28.3. The molecular formula is C19H30N2. The molecule has 1 N–H and O–H groups in total. The Hall–Kier alpha value is -0.860. The number of nitrogens with one attached hydrogen (secondary N) is 1. The quantitative estimate of drug-likeness (QED) is 0.904. The zero-order valence-corrected chi connectivity index (χ0v) is 13.6. The predicted molar refractivity (Wildman–Crippen MR) is 89.3 cm³/mol. The van der Waals surface area contributed by atoms with E-state index in [1.54, 1.807) is 0 Å². The number of benzene rings is 1. The molecule has 0 amide bonds. The molecule has 2 atom stereocenters. The average molecular weight is 286 g/mol. The van der Waals surface area contributed by atoms with E-state index in [-0.39, 0.29) is 0 Å². The monoisotopic (exact) mass is 286 g/mol. The zero-order valence-electron chi connectivity index (χ0n) is 13.6. The van der Waals surface area contributed by atoms with Crippen LogP contribution >= 0.6 is 0 Å². The van der Waals surface area contributed by atoms with Crippen molar-refractivity contribution in [2.45, 2.75) is 51.6 Å². The van der Waals surface area contributed by atoms with Gasteiger partial charge in [0, 0.05) is 31.7 Å². The van der Waals surface area contributed by atoms with Gasteiger partial charge in [0.1, 0.15) is 0 Å². The van der Waals surface area contributed by atoms with E-state index in [9.17, 15) is 0 Å². The van der Waals surface area contributed by atoms with E-state index < -0.39 is 0 Å². The second-order valence-electron chi connectivity index (χ2n) is 7.29. The molecule has 1 saturated carbocycles. The van der Waals surface area contributed by atoms with Crippen LogP contribution in [0.2, 0.25) is 0 Å². The van der Waals surface area contributed by atoms with Crippen LogP contribution in [0.5, 0.6) is 0 Å². The molecule has 0 bridgehead atoms. The van der Waals surface area contributed by atoms with Crippen molar-refractivity contribution in [3.05, 3.63) is 35.9 Å². The maximum atomic E-state index is 3.78. The fourth-order valence-corrected chi connectivity index (χ4v) is 4.13. The minimum absolute atomic E-state index is 0.502. The molecule has 1 aromatic carbocycles. The summed E-state index contributed by atoms with van der Waals surface area (Å²) in [6.45, 7) is 8.36. The molecule has 0 aromatic heterocycles. The van der Waals surface area contributed by atoms with Gasteiger partial charge in [-0.2, -0.15) is 0 Å². The van der Waals surface area contributed by atoms with Crippen molar-refractivity contribution in [1.29, 1.82) is 0 Å². The van der Waals surface area contributed by atoms with Gasteiger partial charge in [-0.05, 0) is 30.2 Å². The molecule has 1 aliphatic carbocycles. The van der Waals surface area contributed by atoms with Crippen molar-refractivity contribution in [3.8, 4) is 0 Å². The highest BCUT2D eigenvalue weighted by Crippen LogP contribution is 2.29. The Morgan fingerprint density at radius 1 is 1.14 bits per heavy atom. The molecule has 2 fully saturated rings. The predicted octanol–water partition coefficient (Wildman–Crippen LogP) is 3.85. The third-order valence-corrected chi connectivity index (χ3v) is 5.40. The van der Waals surface area contributed by atoms with Crippen LogP contribution in [0, 0.1) is 11.8 Å². The molecule has 21 heavy (non-hydrogen) atoms. The lowest BCUT2D eigenvalue weighted by Crippen LogP contribution is -2.55. The van der Waals surface area contributed by atoms with Gasteiger partial charge >= 0.3 is 0 Å². The maximum Gasteiger partial charge on any atom is 0.0449 e. The number of piperazine rings is 1. The van der Waals surface area contributed by atoms with Crippen molar-refractivity contribution < 1.29 is 0 Å². The lowest BCUT2D eigenvalue weighted by atomic mass is 9.94. The molecule has 0 radical (unpaired) electrons. The third-order valence-electron chi connectivity index (χ3n) is 5.40. The van der Waals surface area contributed by atoms with Crippen LogP contribution in [-0.4, -0.2) is 30.6 Å². The van der Waals surface area contributed by atoms with E-state index in [1.807, 2.05) is 0 Å². The summed E-state index contributed by atoms with van der Waals surface area (Å²) in [6.07, 6.45) is 5.80. The first-order valence-electron chi connectivity index (χ1n) is 8.76. The molecule has 1 aliphatic heterocycles. The van der Waals surface area contributed by atoms with Crippen molar-refractivity contribution in [3.63, 3.8) is 0 Å². The van der Waals surface area contributed by atoms with Crippen LogP contribution in [0.1, 0.15) is 51.1 Å². The topological polar surface area (TPSA) is 15.3 Å².